The number of ether oxygens (including phenoxy) is 4. The van der Waals surface area contributed by atoms with Gasteiger partial charge in [-0.3, -0.25) is 9.59 Å². The molecule has 0 bridgehead atoms. The average Bonchev–Trinajstić information content (AvgIpc) is 4.16. The molecule has 16 nitrogen and oxygen atoms in total. The molecule has 16 heteroatoms. The fourth-order valence-corrected chi connectivity index (χ4v) is 10.2. The molecule has 9 rings (SSSR count). The zero-order valence-electron chi connectivity index (χ0n) is 38.9. The first-order valence-electron chi connectivity index (χ1n) is 22.9. The van der Waals surface area contributed by atoms with Crippen LogP contribution in [0.5, 0.6) is 0 Å². The summed E-state index contributed by atoms with van der Waals surface area (Å²) in [5.41, 5.74) is 8.11. The fourth-order valence-electron chi connectivity index (χ4n) is 10.2. The number of fused-ring (bicyclic) bond motifs is 6. The second-order valence-corrected chi connectivity index (χ2v) is 18.5. The largest absolute Gasteiger partial charge is 0.453 e. The third-order valence-electron chi connectivity index (χ3n) is 13.6. The minimum absolute atomic E-state index is 0.115. The molecule has 2 fully saturated rings. The summed E-state index contributed by atoms with van der Waals surface area (Å²) in [5.74, 6) is 0.0463. The Morgan fingerprint density at radius 2 is 1.72 bits per heavy atom. The highest BCUT2D eigenvalue weighted by Crippen LogP contribution is 2.46. The topological polar surface area (TPSA) is 193 Å². The van der Waals surface area contributed by atoms with E-state index in [4.69, 9.17) is 28.9 Å². The number of nitrogens with zero attached hydrogens (tertiary/aromatic N) is 4. The molecular formula is C51H58N8O8. The zero-order chi connectivity index (χ0) is 47.0. The third-order valence-corrected chi connectivity index (χ3v) is 13.6. The molecule has 350 valence electrons. The Hall–Kier alpha value is -6.78. The molecule has 4 atom stereocenters. The van der Waals surface area contributed by atoms with E-state index in [0.717, 1.165) is 82.3 Å². The van der Waals surface area contributed by atoms with Gasteiger partial charge < -0.3 is 49.3 Å². The van der Waals surface area contributed by atoms with Gasteiger partial charge in [0.2, 0.25) is 5.91 Å². The molecule has 2 aromatic heterocycles. The van der Waals surface area contributed by atoms with Crippen LogP contribution in [-0.2, 0) is 47.0 Å². The van der Waals surface area contributed by atoms with Gasteiger partial charge in [-0.25, -0.2) is 19.6 Å². The lowest BCUT2D eigenvalue weighted by molar-refractivity contribution is -0.168. The third kappa shape index (κ3) is 9.07. The highest BCUT2D eigenvalue weighted by molar-refractivity contribution is 6.05. The summed E-state index contributed by atoms with van der Waals surface area (Å²) in [6, 6.07) is 18.0. The molecule has 0 spiro atoms. The van der Waals surface area contributed by atoms with Crippen molar-refractivity contribution >= 4 is 57.0 Å². The number of aromatic nitrogens is 4. The number of likely N-dealkylation sites (tertiary alicyclic amines) is 1. The Morgan fingerprint density at radius 1 is 0.955 bits per heavy atom. The highest BCUT2D eigenvalue weighted by atomic mass is 16.7. The monoisotopic (exact) mass is 910 g/mol. The molecule has 2 saturated heterocycles. The van der Waals surface area contributed by atoms with Crippen LogP contribution < -0.4 is 10.6 Å². The van der Waals surface area contributed by atoms with Crippen molar-refractivity contribution in [3.63, 3.8) is 0 Å². The lowest BCUT2D eigenvalue weighted by Gasteiger charge is -2.36. The van der Waals surface area contributed by atoms with E-state index >= 15 is 0 Å². The molecule has 5 aromatic rings. The van der Waals surface area contributed by atoms with Gasteiger partial charge in [0, 0.05) is 17.6 Å². The number of rotatable bonds is 12. The van der Waals surface area contributed by atoms with Crippen LogP contribution in [0.25, 0.3) is 33.0 Å². The summed E-state index contributed by atoms with van der Waals surface area (Å²) in [6.45, 7) is 9.19. The average molecular weight is 911 g/mol. The number of hydrogen-bond acceptors (Lipinski definition) is 10. The number of nitrogens with one attached hydrogen (secondary N) is 4. The molecule has 2 aliphatic carbocycles. The Morgan fingerprint density at radius 3 is 2.46 bits per heavy atom. The molecular weight excluding hydrogens is 853 g/mol. The SMILES string of the molecule is COC(=O)NC(C=C(C)C)C(=O)N(Cc1nc2c(ccc3cc(C4=CC=C5c6nc(C7(C)CCCN7C(=O)C(NC(=O)OC)c7ccccc7)[nH]c6CCC5C4)ccc32)[nH]1)CC1(C)OCCO1. The number of allylic oxidation sites excluding steroid dienone is 5. The van der Waals surface area contributed by atoms with Gasteiger partial charge in [0.1, 0.15) is 23.7 Å². The predicted octanol–water partition coefficient (Wildman–Crippen LogP) is 7.59. The second kappa shape index (κ2) is 18.5. The van der Waals surface area contributed by atoms with Crippen molar-refractivity contribution in [3.05, 3.63) is 119 Å². The molecule has 3 aromatic carbocycles. The van der Waals surface area contributed by atoms with E-state index < -0.39 is 35.6 Å². The number of carbonyl (C=O) groups excluding carboxylic acids is 4. The molecule has 0 saturated carbocycles. The van der Waals surface area contributed by atoms with E-state index in [2.05, 4.69) is 63.9 Å². The molecule has 4 aliphatic rings. The predicted molar refractivity (Wildman–Crippen MR) is 252 cm³/mol. The minimum atomic E-state index is -1.02. The summed E-state index contributed by atoms with van der Waals surface area (Å²) in [7, 11) is 2.55. The first-order valence-corrected chi connectivity index (χ1v) is 22.9. The van der Waals surface area contributed by atoms with Gasteiger partial charge in [-0.1, -0.05) is 72.3 Å². The number of carbonyl (C=O) groups is 4. The van der Waals surface area contributed by atoms with Crippen LogP contribution in [0, 0.1) is 5.92 Å². The fraction of sp³-hybridized carbons (Fsp3) is 0.412. The molecule has 4 heterocycles. The number of amides is 4. The zero-order valence-corrected chi connectivity index (χ0v) is 38.9. The van der Waals surface area contributed by atoms with Crippen molar-refractivity contribution in [1.29, 1.82) is 0 Å². The van der Waals surface area contributed by atoms with E-state index in [-0.39, 0.29) is 30.8 Å². The van der Waals surface area contributed by atoms with E-state index in [1.165, 1.54) is 25.4 Å². The van der Waals surface area contributed by atoms with Crippen molar-refractivity contribution in [1.82, 2.24) is 40.4 Å². The molecule has 2 aliphatic heterocycles. The van der Waals surface area contributed by atoms with Crippen molar-refractivity contribution in [2.75, 3.05) is 40.5 Å². The molecule has 67 heavy (non-hydrogen) atoms. The summed E-state index contributed by atoms with van der Waals surface area (Å²) in [4.78, 5) is 74.0. The number of benzene rings is 3. The van der Waals surface area contributed by atoms with Crippen LogP contribution >= 0.6 is 0 Å². The maximum Gasteiger partial charge on any atom is 0.407 e. The lowest BCUT2D eigenvalue weighted by atomic mass is 9.76. The van der Waals surface area contributed by atoms with Crippen molar-refractivity contribution in [2.24, 2.45) is 5.92 Å². The van der Waals surface area contributed by atoms with Gasteiger partial charge in [-0.05, 0) is 106 Å². The Balaban J connectivity index is 0.957. The number of H-pyrrole nitrogens is 2. The van der Waals surface area contributed by atoms with Crippen molar-refractivity contribution in [3.8, 4) is 0 Å². The molecule has 0 radical (unpaired) electrons. The number of methoxy groups -OCH3 is 2. The van der Waals surface area contributed by atoms with Crippen LogP contribution in [0.2, 0.25) is 0 Å². The quantitative estimate of drug-likeness (QED) is 0.0907. The van der Waals surface area contributed by atoms with Crippen LogP contribution in [0.15, 0.2) is 84.5 Å². The Kier molecular flexibility index (Phi) is 12.5. The van der Waals surface area contributed by atoms with E-state index in [1.54, 1.807) is 17.9 Å². The first-order chi connectivity index (χ1) is 32.3. The van der Waals surface area contributed by atoms with Crippen LogP contribution in [0.3, 0.4) is 0 Å². The summed E-state index contributed by atoms with van der Waals surface area (Å²) >= 11 is 0. The summed E-state index contributed by atoms with van der Waals surface area (Å²) in [6.07, 6.45) is 8.95. The Bertz CT molecular complexity index is 2820. The molecule has 4 unspecified atom stereocenters. The van der Waals surface area contributed by atoms with Crippen LogP contribution in [0.4, 0.5) is 9.59 Å². The van der Waals surface area contributed by atoms with E-state index in [1.807, 2.05) is 55.1 Å². The van der Waals surface area contributed by atoms with Gasteiger partial charge in [0.05, 0.1) is 62.8 Å². The first kappa shape index (κ1) is 45.4. The maximum absolute atomic E-state index is 14.3. The van der Waals surface area contributed by atoms with Crippen molar-refractivity contribution < 1.29 is 38.1 Å². The van der Waals surface area contributed by atoms with Gasteiger partial charge in [0.15, 0.2) is 5.79 Å². The number of aryl methyl sites for hydroxylation is 1. The van der Waals surface area contributed by atoms with Gasteiger partial charge in [-0.15, -0.1) is 0 Å². The Labute approximate surface area is 389 Å². The number of aromatic amines is 2. The van der Waals surface area contributed by atoms with Gasteiger partial charge >= 0.3 is 12.2 Å². The number of hydrogen-bond donors (Lipinski definition) is 4. The van der Waals surface area contributed by atoms with E-state index in [0.29, 0.717) is 31.1 Å². The van der Waals surface area contributed by atoms with E-state index in [9.17, 15) is 19.2 Å². The van der Waals surface area contributed by atoms with Crippen molar-refractivity contribution in [2.45, 2.75) is 89.8 Å². The van der Waals surface area contributed by atoms with Gasteiger partial charge in [-0.2, -0.15) is 0 Å². The maximum atomic E-state index is 14.3. The van der Waals surface area contributed by atoms with Crippen LogP contribution in [0.1, 0.15) is 93.6 Å². The van der Waals surface area contributed by atoms with Crippen LogP contribution in [-0.4, -0.2) is 106 Å². The highest BCUT2D eigenvalue weighted by Gasteiger charge is 2.47. The van der Waals surface area contributed by atoms with Gasteiger partial charge in [0.25, 0.3) is 5.91 Å². The number of alkyl carbamates (subject to hydrolysis) is 2. The number of imidazole rings is 2. The lowest BCUT2D eigenvalue weighted by Crippen LogP contribution is -2.52. The second-order valence-electron chi connectivity index (χ2n) is 18.5. The summed E-state index contributed by atoms with van der Waals surface area (Å²) < 4.78 is 21.5. The smallest absolute Gasteiger partial charge is 0.407 e. The normalized spacial score (nSPS) is 20.5. The standard InChI is InChI=1S/C51H58N8O8/c1-30(2)25-40(54-48(62)64-5)45(60)58(29-51(4)66-23-24-67-51)28-41-52-38-19-15-34-26-32(13-17-36(34)43(38)55-41)33-14-18-37-35(27-33)16-20-39-44(37)56-47(53-39)50(3)21-10-22-59(50)46(61)42(57-49(63)65-6)31-11-8-7-9-12-31/h7-9,11-15,17-19,25-26,35,40,42H,10,16,20-24,27-29H2,1-6H3,(H,52,55)(H,53,56)(H,54,62)(H,57,63). The summed E-state index contributed by atoms with van der Waals surface area (Å²) in [5, 5.41) is 7.45. The molecule has 4 N–H and O–H groups in total. The minimum Gasteiger partial charge on any atom is -0.453 e. The molecule has 4 amide bonds.